The number of benzene rings is 1. The molecule has 0 N–H and O–H groups in total. The topological polar surface area (TPSA) is 33.4 Å². The standard InChI is InChI=1S/C17H24N4/c1-13-4-7-16(18-11-13)14-5-6-15-12-21(9-8-20(2)3)19-17(15)10-14/h5-6,10,12-13H,4,7-9,11H2,1-3H3/t13-/m0/s1. The lowest BCUT2D eigenvalue weighted by Crippen LogP contribution is -2.18. The van der Waals surface area contributed by atoms with Crippen molar-refractivity contribution in [2.45, 2.75) is 26.3 Å². The highest BCUT2D eigenvalue weighted by Gasteiger charge is 2.13. The second-order valence-corrected chi connectivity index (χ2v) is 6.40. The Bertz CT molecular complexity index is 654. The molecule has 0 aliphatic carbocycles. The molecule has 2 heterocycles. The first kappa shape index (κ1) is 14.3. The molecule has 1 aliphatic rings. The van der Waals surface area contributed by atoms with Crippen molar-refractivity contribution in [2.24, 2.45) is 10.9 Å². The highest BCUT2D eigenvalue weighted by atomic mass is 15.3. The molecule has 0 fully saturated rings. The summed E-state index contributed by atoms with van der Waals surface area (Å²) in [5.41, 5.74) is 3.57. The normalized spacial score (nSPS) is 19.2. The molecule has 21 heavy (non-hydrogen) atoms. The van der Waals surface area contributed by atoms with Gasteiger partial charge in [-0.25, -0.2) is 0 Å². The monoisotopic (exact) mass is 284 g/mol. The minimum atomic E-state index is 0.725. The first-order chi connectivity index (χ1) is 10.1. The van der Waals surface area contributed by atoms with Gasteiger partial charge in [0.05, 0.1) is 12.1 Å². The predicted octanol–water partition coefficient (Wildman–Crippen LogP) is 2.82. The van der Waals surface area contributed by atoms with Crippen molar-refractivity contribution < 1.29 is 0 Å². The van der Waals surface area contributed by atoms with Gasteiger partial charge in [0.1, 0.15) is 0 Å². The van der Waals surface area contributed by atoms with Gasteiger partial charge in [0.25, 0.3) is 0 Å². The van der Waals surface area contributed by atoms with Crippen LogP contribution in [0.25, 0.3) is 10.9 Å². The van der Waals surface area contributed by atoms with Crippen molar-refractivity contribution in [2.75, 3.05) is 27.2 Å². The van der Waals surface area contributed by atoms with E-state index >= 15 is 0 Å². The number of aromatic nitrogens is 2. The van der Waals surface area contributed by atoms with E-state index in [9.17, 15) is 0 Å². The molecular weight excluding hydrogens is 260 g/mol. The zero-order chi connectivity index (χ0) is 14.8. The van der Waals surface area contributed by atoms with Crippen LogP contribution in [0.5, 0.6) is 0 Å². The van der Waals surface area contributed by atoms with Crippen molar-refractivity contribution in [3.8, 4) is 0 Å². The van der Waals surface area contributed by atoms with Crippen molar-refractivity contribution in [1.29, 1.82) is 0 Å². The lowest BCUT2D eigenvalue weighted by Gasteiger charge is -2.17. The summed E-state index contributed by atoms with van der Waals surface area (Å²) in [6.07, 6.45) is 4.47. The number of hydrogen-bond donors (Lipinski definition) is 0. The Kier molecular flexibility index (Phi) is 4.06. The largest absolute Gasteiger partial charge is 0.308 e. The number of hydrogen-bond acceptors (Lipinski definition) is 3. The molecule has 112 valence electrons. The molecule has 0 unspecified atom stereocenters. The summed E-state index contributed by atoms with van der Waals surface area (Å²) < 4.78 is 2.04. The Morgan fingerprint density at radius 3 is 2.90 bits per heavy atom. The summed E-state index contributed by atoms with van der Waals surface area (Å²) >= 11 is 0. The molecule has 0 amide bonds. The van der Waals surface area contributed by atoms with Crippen LogP contribution in [-0.4, -0.2) is 47.6 Å². The van der Waals surface area contributed by atoms with Gasteiger partial charge in [0.15, 0.2) is 0 Å². The van der Waals surface area contributed by atoms with Gasteiger partial charge in [-0.3, -0.25) is 9.67 Å². The minimum absolute atomic E-state index is 0.725. The summed E-state index contributed by atoms with van der Waals surface area (Å²) in [4.78, 5) is 6.91. The summed E-state index contributed by atoms with van der Waals surface area (Å²) in [6, 6.07) is 6.55. The average Bonchev–Trinajstić information content (AvgIpc) is 2.88. The van der Waals surface area contributed by atoms with E-state index in [0.717, 1.165) is 37.5 Å². The van der Waals surface area contributed by atoms with Crippen LogP contribution in [0.3, 0.4) is 0 Å². The predicted molar refractivity (Wildman–Crippen MR) is 88.1 cm³/mol. The van der Waals surface area contributed by atoms with Crippen LogP contribution >= 0.6 is 0 Å². The third kappa shape index (κ3) is 3.32. The lowest BCUT2D eigenvalue weighted by molar-refractivity contribution is 0.374. The number of aliphatic imine (C=N–C) groups is 1. The summed E-state index contributed by atoms with van der Waals surface area (Å²) in [5.74, 6) is 0.725. The van der Waals surface area contributed by atoms with Gasteiger partial charge < -0.3 is 4.90 Å². The molecule has 1 aromatic carbocycles. The lowest BCUT2D eigenvalue weighted by atomic mass is 9.95. The molecule has 1 atom stereocenters. The van der Waals surface area contributed by atoms with E-state index in [2.05, 4.69) is 50.3 Å². The molecular formula is C17H24N4. The maximum atomic E-state index is 4.73. The molecule has 4 nitrogen and oxygen atoms in total. The van der Waals surface area contributed by atoms with E-state index in [4.69, 9.17) is 10.1 Å². The van der Waals surface area contributed by atoms with Gasteiger partial charge in [0, 0.05) is 30.4 Å². The highest BCUT2D eigenvalue weighted by Crippen LogP contribution is 2.21. The molecule has 1 aromatic heterocycles. The van der Waals surface area contributed by atoms with Gasteiger partial charge in [-0.2, -0.15) is 5.10 Å². The van der Waals surface area contributed by atoms with Crippen LogP contribution in [0.1, 0.15) is 25.3 Å². The quantitative estimate of drug-likeness (QED) is 0.865. The third-order valence-electron chi connectivity index (χ3n) is 4.13. The minimum Gasteiger partial charge on any atom is -0.308 e. The number of rotatable bonds is 4. The van der Waals surface area contributed by atoms with Crippen LogP contribution in [0, 0.1) is 5.92 Å². The molecule has 0 saturated carbocycles. The Hall–Kier alpha value is -1.68. The smallest absolute Gasteiger partial charge is 0.0929 e. The zero-order valence-corrected chi connectivity index (χ0v) is 13.2. The van der Waals surface area contributed by atoms with Crippen molar-refractivity contribution >= 4 is 16.6 Å². The average molecular weight is 284 g/mol. The maximum absolute atomic E-state index is 4.73. The Balaban J connectivity index is 1.83. The van der Waals surface area contributed by atoms with Crippen LogP contribution in [0.15, 0.2) is 29.4 Å². The second-order valence-electron chi connectivity index (χ2n) is 6.40. The second kappa shape index (κ2) is 5.98. The first-order valence-corrected chi connectivity index (χ1v) is 7.77. The number of nitrogens with zero attached hydrogens (tertiary/aromatic N) is 4. The first-order valence-electron chi connectivity index (χ1n) is 7.77. The molecule has 0 saturated heterocycles. The fourth-order valence-corrected chi connectivity index (χ4v) is 2.72. The van der Waals surface area contributed by atoms with E-state index < -0.39 is 0 Å². The van der Waals surface area contributed by atoms with E-state index in [1.54, 1.807) is 0 Å². The third-order valence-corrected chi connectivity index (χ3v) is 4.13. The molecule has 3 rings (SSSR count). The summed E-state index contributed by atoms with van der Waals surface area (Å²) in [7, 11) is 4.17. The molecule has 0 spiro atoms. The fraction of sp³-hybridized carbons (Fsp3) is 0.529. The number of fused-ring (bicyclic) bond motifs is 1. The van der Waals surface area contributed by atoms with Crippen LogP contribution < -0.4 is 0 Å². The van der Waals surface area contributed by atoms with Gasteiger partial charge in [0.2, 0.25) is 0 Å². The Labute approximate surface area is 126 Å². The summed E-state index contributed by atoms with van der Waals surface area (Å²) in [5, 5.41) is 5.90. The highest BCUT2D eigenvalue weighted by molar-refractivity contribution is 6.03. The van der Waals surface area contributed by atoms with Crippen molar-refractivity contribution in [3.63, 3.8) is 0 Å². The van der Waals surface area contributed by atoms with Crippen molar-refractivity contribution in [3.05, 3.63) is 30.0 Å². The van der Waals surface area contributed by atoms with E-state index in [-0.39, 0.29) is 0 Å². The Morgan fingerprint density at radius 2 is 2.19 bits per heavy atom. The van der Waals surface area contributed by atoms with E-state index in [1.165, 1.54) is 23.1 Å². The maximum Gasteiger partial charge on any atom is 0.0929 e. The van der Waals surface area contributed by atoms with E-state index in [1.807, 2.05) is 4.68 Å². The molecule has 4 heteroatoms. The van der Waals surface area contributed by atoms with Crippen LogP contribution in [0.4, 0.5) is 0 Å². The van der Waals surface area contributed by atoms with Crippen molar-refractivity contribution in [1.82, 2.24) is 14.7 Å². The molecule has 0 bridgehead atoms. The van der Waals surface area contributed by atoms with Gasteiger partial charge in [-0.05, 0) is 44.5 Å². The van der Waals surface area contributed by atoms with Crippen LogP contribution in [0.2, 0.25) is 0 Å². The van der Waals surface area contributed by atoms with E-state index in [0.29, 0.717) is 0 Å². The SMILES string of the molecule is C[C@H]1CCC(c2ccc3cn(CCN(C)C)nc3c2)=NC1. The van der Waals surface area contributed by atoms with Gasteiger partial charge >= 0.3 is 0 Å². The number of likely N-dealkylation sites (N-methyl/N-ethyl adjacent to an activating group) is 1. The van der Waals surface area contributed by atoms with Crippen LogP contribution in [-0.2, 0) is 6.54 Å². The molecule has 1 aliphatic heterocycles. The van der Waals surface area contributed by atoms with Gasteiger partial charge in [-0.15, -0.1) is 0 Å². The molecule has 0 radical (unpaired) electrons. The van der Waals surface area contributed by atoms with Gasteiger partial charge in [-0.1, -0.05) is 19.1 Å². The Morgan fingerprint density at radius 1 is 1.33 bits per heavy atom. The summed E-state index contributed by atoms with van der Waals surface area (Å²) in [6.45, 7) is 5.17. The zero-order valence-electron chi connectivity index (χ0n) is 13.2. The fourth-order valence-electron chi connectivity index (χ4n) is 2.72. The molecule has 2 aromatic rings.